The molecule has 10 heteroatoms. The van der Waals surface area contributed by atoms with Gasteiger partial charge in [0.2, 0.25) is 5.88 Å². The highest BCUT2D eigenvalue weighted by molar-refractivity contribution is 7.80. The van der Waals surface area contributed by atoms with Crippen molar-refractivity contribution in [3.63, 3.8) is 0 Å². The van der Waals surface area contributed by atoms with Crippen LogP contribution in [0, 0.1) is 4.77 Å². The first kappa shape index (κ1) is 18.7. The minimum Gasteiger partial charge on any atom is -0.493 e. The van der Waals surface area contributed by atoms with Gasteiger partial charge in [-0.15, -0.1) is 0 Å². The Labute approximate surface area is 154 Å². The number of benzene rings is 1. The van der Waals surface area contributed by atoms with Crippen LogP contribution in [-0.4, -0.2) is 37.4 Å². The fourth-order valence-electron chi connectivity index (χ4n) is 2.21. The van der Waals surface area contributed by atoms with E-state index < -0.39 is 5.97 Å². The van der Waals surface area contributed by atoms with Crippen LogP contribution in [0.25, 0.3) is 0 Å². The van der Waals surface area contributed by atoms with E-state index in [1.54, 1.807) is 6.07 Å². The molecule has 0 aliphatic heterocycles. The number of rotatable bonds is 7. The van der Waals surface area contributed by atoms with Crippen LogP contribution in [0.2, 0.25) is 0 Å². The second kappa shape index (κ2) is 8.49. The second-order valence-corrected chi connectivity index (χ2v) is 6.08. The van der Waals surface area contributed by atoms with Gasteiger partial charge >= 0.3 is 5.97 Å². The molecule has 0 aliphatic carbocycles. The van der Waals surface area contributed by atoms with Gasteiger partial charge < -0.3 is 31.6 Å². The predicted octanol–water partition coefficient (Wildman–Crippen LogP) is 1.84. The Kier molecular flexibility index (Phi) is 6.37. The molecule has 1 aromatic heterocycles. The van der Waals surface area contributed by atoms with Crippen LogP contribution in [0.15, 0.2) is 24.3 Å². The number of nitrogens with one attached hydrogen (secondary N) is 3. The zero-order chi connectivity index (χ0) is 18.4. The van der Waals surface area contributed by atoms with Crippen molar-refractivity contribution in [2.75, 3.05) is 17.6 Å². The van der Waals surface area contributed by atoms with Gasteiger partial charge in [0.1, 0.15) is 6.54 Å². The minimum atomic E-state index is -1.07. The molecule has 0 saturated heterocycles. The molecular formula is C15H19N5O3S2. The summed E-state index contributed by atoms with van der Waals surface area (Å²) in [6.45, 7) is 0.175. The van der Waals surface area contributed by atoms with Crippen molar-refractivity contribution in [1.82, 2.24) is 14.9 Å². The molecule has 8 nitrogen and oxygen atoms in total. The van der Waals surface area contributed by atoms with Crippen molar-refractivity contribution in [3.05, 3.63) is 34.7 Å². The molecule has 2 aromatic rings. The Morgan fingerprint density at radius 3 is 2.76 bits per heavy atom. The molecule has 2 rings (SSSR count). The summed E-state index contributed by atoms with van der Waals surface area (Å²) in [5, 5.41) is 25.3. The largest absolute Gasteiger partial charge is 0.493 e. The summed E-state index contributed by atoms with van der Waals surface area (Å²) in [5.74, 6) is -1.22. The number of aliphatic carboxylic acids is 1. The van der Waals surface area contributed by atoms with E-state index in [1.165, 1.54) is 0 Å². The summed E-state index contributed by atoms with van der Waals surface area (Å²) in [6.07, 6.45) is 1.15. The Morgan fingerprint density at radius 1 is 1.36 bits per heavy atom. The van der Waals surface area contributed by atoms with Crippen LogP contribution < -0.4 is 16.4 Å². The van der Waals surface area contributed by atoms with Crippen LogP contribution in [0.1, 0.15) is 12.1 Å². The fourth-order valence-corrected chi connectivity index (χ4v) is 2.70. The molecular weight excluding hydrogens is 362 g/mol. The molecule has 134 valence electrons. The van der Waals surface area contributed by atoms with Gasteiger partial charge in [0.15, 0.2) is 9.88 Å². The van der Waals surface area contributed by atoms with E-state index in [2.05, 4.69) is 15.6 Å². The van der Waals surface area contributed by atoms with E-state index in [4.69, 9.17) is 35.3 Å². The number of carboxylic acid groups (broad SMARTS) is 1. The number of aromatic amines is 1. The molecule has 0 spiro atoms. The fraction of sp³-hybridized carbons (Fsp3) is 0.267. The third kappa shape index (κ3) is 5.19. The van der Waals surface area contributed by atoms with Crippen molar-refractivity contribution >= 4 is 46.9 Å². The highest BCUT2D eigenvalue weighted by Gasteiger charge is 2.13. The number of aromatic nitrogens is 2. The number of hydrogen-bond donors (Lipinski definition) is 6. The summed E-state index contributed by atoms with van der Waals surface area (Å²) >= 11 is 10.2. The van der Waals surface area contributed by atoms with Gasteiger partial charge in [0.05, 0.1) is 17.1 Å². The number of thiocarbonyl (C=S) groups is 1. The van der Waals surface area contributed by atoms with Gasteiger partial charge in [-0.1, -0.05) is 12.1 Å². The van der Waals surface area contributed by atoms with Gasteiger partial charge in [-0.3, -0.25) is 9.36 Å². The number of aromatic hydroxyl groups is 1. The molecule has 0 aliphatic rings. The van der Waals surface area contributed by atoms with Crippen molar-refractivity contribution in [2.45, 2.75) is 19.4 Å². The van der Waals surface area contributed by atoms with E-state index in [0.29, 0.717) is 35.9 Å². The van der Waals surface area contributed by atoms with E-state index in [1.807, 2.05) is 18.2 Å². The Hall–Kier alpha value is -2.59. The molecule has 0 saturated carbocycles. The summed E-state index contributed by atoms with van der Waals surface area (Å²) in [7, 11) is 0. The van der Waals surface area contributed by atoms with E-state index >= 15 is 0 Å². The molecule has 1 aromatic carbocycles. The number of nitrogens with zero attached hydrogens (tertiary/aromatic N) is 1. The molecule has 0 radical (unpaired) electrons. The number of nitrogens with two attached hydrogens (primary N) is 1. The summed E-state index contributed by atoms with van der Waals surface area (Å²) < 4.78 is 1.32. The lowest BCUT2D eigenvalue weighted by atomic mass is 10.2. The van der Waals surface area contributed by atoms with Gasteiger partial charge in [-0.25, -0.2) is 0 Å². The quantitative estimate of drug-likeness (QED) is 0.244. The third-order valence-electron chi connectivity index (χ3n) is 3.42. The normalized spacial score (nSPS) is 10.4. The number of aryl methyl sites for hydroxylation is 1. The molecule has 0 unspecified atom stereocenters. The summed E-state index contributed by atoms with van der Waals surface area (Å²) in [6, 6.07) is 7.29. The third-order valence-corrected chi connectivity index (χ3v) is 3.99. The first-order valence-corrected chi connectivity index (χ1v) is 8.32. The average molecular weight is 381 g/mol. The predicted molar refractivity (Wildman–Crippen MR) is 102 cm³/mol. The van der Waals surface area contributed by atoms with Crippen molar-refractivity contribution in [1.29, 1.82) is 0 Å². The molecule has 7 N–H and O–H groups in total. The topological polar surface area (TPSA) is 128 Å². The molecule has 0 bridgehead atoms. The van der Waals surface area contributed by atoms with E-state index in [-0.39, 0.29) is 17.2 Å². The molecule has 25 heavy (non-hydrogen) atoms. The maximum absolute atomic E-state index is 10.8. The Balaban J connectivity index is 1.81. The van der Waals surface area contributed by atoms with Crippen LogP contribution in [0.3, 0.4) is 0 Å². The number of carboxylic acids is 1. The van der Waals surface area contributed by atoms with Crippen LogP contribution in [-0.2, 0) is 17.8 Å². The highest BCUT2D eigenvalue weighted by atomic mass is 32.1. The summed E-state index contributed by atoms with van der Waals surface area (Å²) in [5.41, 5.74) is 7.66. The number of para-hydroxylation sites is 2. The van der Waals surface area contributed by atoms with E-state index in [9.17, 15) is 9.90 Å². The van der Waals surface area contributed by atoms with Gasteiger partial charge in [-0.2, -0.15) is 0 Å². The first-order chi connectivity index (χ1) is 11.9. The highest BCUT2D eigenvalue weighted by Crippen LogP contribution is 2.18. The molecule has 0 fully saturated rings. The zero-order valence-electron chi connectivity index (χ0n) is 13.3. The SMILES string of the molecule is Nc1ccccc1NC(=S)NCCCc1[nH]c(=S)n(CC(=O)O)c1O. The molecule has 1 heterocycles. The molecule has 0 atom stereocenters. The van der Waals surface area contributed by atoms with Gasteiger partial charge in [0, 0.05) is 6.54 Å². The van der Waals surface area contributed by atoms with Crippen molar-refractivity contribution in [3.8, 4) is 5.88 Å². The maximum Gasteiger partial charge on any atom is 0.323 e. The lowest BCUT2D eigenvalue weighted by Crippen LogP contribution is -2.29. The van der Waals surface area contributed by atoms with Crippen molar-refractivity contribution in [2.24, 2.45) is 0 Å². The average Bonchev–Trinajstić information content (AvgIpc) is 2.81. The Bertz CT molecular complexity index is 831. The van der Waals surface area contributed by atoms with Crippen molar-refractivity contribution < 1.29 is 15.0 Å². The van der Waals surface area contributed by atoms with Gasteiger partial charge in [0.25, 0.3) is 0 Å². The number of H-pyrrole nitrogens is 1. The number of imidazole rings is 1. The zero-order valence-corrected chi connectivity index (χ0v) is 14.9. The lowest BCUT2D eigenvalue weighted by molar-refractivity contribution is -0.137. The van der Waals surface area contributed by atoms with Gasteiger partial charge in [-0.05, 0) is 49.4 Å². The van der Waals surface area contributed by atoms with Crippen LogP contribution >= 0.6 is 24.4 Å². The first-order valence-electron chi connectivity index (χ1n) is 7.50. The Morgan fingerprint density at radius 2 is 2.08 bits per heavy atom. The maximum atomic E-state index is 10.8. The second-order valence-electron chi connectivity index (χ2n) is 5.28. The van der Waals surface area contributed by atoms with E-state index in [0.717, 1.165) is 10.3 Å². The lowest BCUT2D eigenvalue weighted by Gasteiger charge is -2.11. The number of anilines is 2. The monoisotopic (exact) mass is 381 g/mol. The smallest absolute Gasteiger partial charge is 0.323 e. The minimum absolute atomic E-state index is 0.148. The number of carbonyl (C=O) groups is 1. The summed E-state index contributed by atoms with van der Waals surface area (Å²) in [4.78, 5) is 13.6. The standard InChI is InChI=1S/C15H19N5O3S2/c16-9-4-1-2-5-10(9)18-14(24)17-7-3-6-11-13(23)20(8-12(21)22)15(25)19-11/h1-2,4-5,23H,3,6-8,16H2,(H,19,25)(H,21,22)(H2,17,18,24). The number of nitrogen functional groups attached to an aromatic ring is 1. The van der Waals surface area contributed by atoms with Crippen LogP contribution in [0.5, 0.6) is 5.88 Å². The number of hydrogen-bond acceptors (Lipinski definition) is 5. The molecule has 0 amide bonds. The van der Waals surface area contributed by atoms with Crippen LogP contribution in [0.4, 0.5) is 11.4 Å².